The number of carboxylic acids is 1. The molecule has 22 heavy (non-hydrogen) atoms. The highest BCUT2D eigenvalue weighted by Crippen LogP contribution is 2.36. The van der Waals surface area contributed by atoms with Gasteiger partial charge in [-0.05, 0) is 25.0 Å². The normalized spacial score (nSPS) is 17.3. The first kappa shape index (κ1) is 14.6. The predicted octanol–water partition coefficient (Wildman–Crippen LogP) is 2.93. The Hall–Kier alpha value is -2.30. The standard InChI is InChI=1S/C17H20N2O3/c20-15(13-6-4-5-12-7-10-18-14(12)13)19-11-17(16(21)22)8-2-1-3-9-17/h4-7,10,18H,1-3,8-9,11H2,(H,19,20)(H,21,22). The number of para-hydroxylation sites is 1. The Morgan fingerprint density at radius 3 is 2.68 bits per heavy atom. The summed E-state index contributed by atoms with van der Waals surface area (Å²) < 4.78 is 0. The van der Waals surface area contributed by atoms with E-state index in [0.717, 1.165) is 30.2 Å². The van der Waals surface area contributed by atoms with E-state index in [4.69, 9.17) is 0 Å². The molecule has 0 bridgehead atoms. The van der Waals surface area contributed by atoms with Crippen molar-refractivity contribution in [3.63, 3.8) is 0 Å². The van der Waals surface area contributed by atoms with Crippen molar-refractivity contribution in [2.75, 3.05) is 6.54 Å². The summed E-state index contributed by atoms with van der Waals surface area (Å²) in [6.07, 6.45) is 5.96. The Labute approximate surface area is 128 Å². The van der Waals surface area contributed by atoms with Gasteiger partial charge in [0, 0.05) is 18.1 Å². The van der Waals surface area contributed by atoms with Crippen molar-refractivity contribution in [2.24, 2.45) is 5.41 Å². The molecule has 0 aliphatic heterocycles. The SMILES string of the molecule is O=C(NCC1(C(=O)O)CCCCC1)c1cccc2cc[nH]c12. The first-order valence-electron chi connectivity index (χ1n) is 7.70. The number of rotatable bonds is 4. The Bertz CT molecular complexity index is 699. The van der Waals surface area contributed by atoms with E-state index in [1.54, 1.807) is 12.3 Å². The summed E-state index contributed by atoms with van der Waals surface area (Å²) >= 11 is 0. The lowest BCUT2D eigenvalue weighted by atomic mass is 9.74. The molecule has 5 nitrogen and oxygen atoms in total. The monoisotopic (exact) mass is 300 g/mol. The van der Waals surface area contributed by atoms with Gasteiger partial charge in [0.05, 0.1) is 16.5 Å². The molecule has 5 heteroatoms. The van der Waals surface area contributed by atoms with Crippen LogP contribution in [0.4, 0.5) is 0 Å². The van der Waals surface area contributed by atoms with Crippen LogP contribution in [-0.2, 0) is 4.79 Å². The number of aromatic amines is 1. The summed E-state index contributed by atoms with van der Waals surface area (Å²) in [4.78, 5) is 27.1. The number of aliphatic carboxylic acids is 1. The number of amides is 1. The average molecular weight is 300 g/mol. The van der Waals surface area contributed by atoms with Crippen LogP contribution in [0.3, 0.4) is 0 Å². The lowest BCUT2D eigenvalue weighted by molar-refractivity contribution is -0.150. The van der Waals surface area contributed by atoms with Crippen LogP contribution in [0.5, 0.6) is 0 Å². The van der Waals surface area contributed by atoms with Gasteiger partial charge in [0.2, 0.25) is 0 Å². The van der Waals surface area contributed by atoms with Crippen molar-refractivity contribution in [2.45, 2.75) is 32.1 Å². The summed E-state index contributed by atoms with van der Waals surface area (Å²) in [6, 6.07) is 7.43. The van der Waals surface area contributed by atoms with E-state index in [2.05, 4.69) is 10.3 Å². The number of carboxylic acid groups (broad SMARTS) is 1. The van der Waals surface area contributed by atoms with Gasteiger partial charge in [-0.3, -0.25) is 9.59 Å². The van der Waals surface area contributed by atoms with E-state index < -0.39 is 11.4 Å². The second kappa shape index (κ2) is 5.83. The van der Waals surface area contributed by atoms with Gasteiger partial charge in [0.1, 0.15) is 0 Å². The number of H-pyrrole nitrogens is 1. The lowest BCUT2D eigenvalue weighted by Gasteiger charge is -2.33. The molecule has 1 saturated carbocycles. The van der Waals surface area contributed by atoms with Gasteiger partial charge in [0.25, 0.3) is 5.91 Å². The number of nitrogens with one attached hydrogen (secondary N) is 2. The molecule has 0 spiro atoms. The van der Waals surface area contributed by atoms with Crippen molar-refractivity contribution in [1.29, 1.82) is 0 Å². The van der Waals surface area contributed by atoms with Crippen LogP contribution in [0.25, 0.3) is 10.9 Å². The smallest absolute Gasteiger partial charge is 0.311 e. The minimum Gasteiger partial charge on any atom is -0.481 e. The molecule has 3 N–H and O–H groups in total. The predicted molar refractivity (Wildman–Crippen MR) is 83.8 cm³/mol. The third-order valence-corrected chi connectivity index (χ3v) is 4.68. The number of carbonyl (C=O) groups excluding carboxylic acids is 1. The van der Waals surface area contributed by atoms with Gasteiger partial charge in [-0.2, -0.15) is 0 Å². The third kappa shape index (κ3) is 2.58. The van der Waals surface area contributed by atoms with Crippen LogP contribution in [0.1, 0.15) is 42.5 Å². The maximum absolute atomic E-state index is 12.4. The molecule has 0 unspecified atom stereocenters. The molecule has 1 aliphatic carbocycles. The van der Waals surface area contributed by atoms with Gasteiger partial charge in [-0.25, -0.2) is 0 Å². The molecule has 3 rings (SSSR count). The van der Waals surface area contributed by atoms with E-state index in [1.807, 2.05) is 18.2 Å². The van der Waals surface area contributed by atoms with Gasteiger partial charge < -0.3 is 15.4 Å². The Morgan fingerprint density at radius 1 is 1.18 bits per heavy atom. The van der Waals surface area contributed by atoms with Gasteiger partial charge in [-0.15, -0.1) is 0 Å². The van der Waals surface area contributed by atoms with Crippen LogP contribution in [0, 0.1) is 5.41 Å². The third-order valence-electron chi connectivity index (χ3n) is 4.68. The van der Waals surface area contributed by atoms with Crippen molar-refractivity contribution < 1.29 is 14.7 Å². The van der Waals surface area contributed by atoms with E-state index in [9.17, 15) is 14.7 Å². The maximum atomic E-state index is 12.4. The summed E-state index contributed by atoms with van der Waals surface area (Å²) in [5.74, 6) is -1.02. The zero-order valence-corrected chi connectivity index (χ0v) is 12.4. The van der Waals surface area contributed by atoms with E-state index >= 15 is 0 Å². The van der Waals surface area contributed by atoms with Gasteiger partial charge >= 0.3 is 5.97 Å². The van der Waals surface area contributed by atoms with Crippen LogP contribution in [0.15, 0.2) is 30.5 Å². The second-order valence-electron chi connectivity index (χ2n) is 6.08. The topological polar surface area (TPSA) is 82.2 Å². The summed E-state index contributed by atoms with van der Waals surface area (Å²) in [5, 5.41) is 13.4. The lowest BCUT2D eigenvalue weighted by Crippen LogP contribution is -2.44. The maximum Gasteiger partial charge on any atom is 0.311 e. The molecule has 1 aliphatic rings. The fraction of sp³-hybridized carbons (Fsp3) is 0.412. The summed E-state index contributed by atoms with van der Waals surface area (Å²) in [5.41, 5.74) is 0.532. The molecule has 0 radical (unpaired) electrons. The highest BCUT2D eigenvalue weighted by molar-refractivity contribution is 6.05. The van der Waals surface area contributed by atoms with E-state index in [0.29, 0.717) is 18.4 Å². The first-order valence-corrected chi connectivity index (χ1v) is 7.70. The van der Waals surface area contributed by atoms with Crippen molar-refractivity contribution in [3.05, 3.63) is 36.0 Å². The molecule has 1 heterocycles. The number of hydrogen-bond donors (Lipinski definition) is 3. The minimum absolute atomic E-state index is 0.193. The summed E-state index contributed by atoms with van der Waals surface area (Å²) in [6.45, 7) is 0.193. The summed E-state index contributed by atoms with van der Waals surface area (Å²) in [7, 11) is 0. The van der Waals surface area contributed by atoms with Crippen LogP contribution >= 0.6 is 0 Å². The van der Waals surface area contributed by atoms with Crippen molar-refractivity contribution in [1.82, 2.24) is 10.3 Å². The number of carbonyl (C=O) groups is 2. The van der Waals surface area contributed by atoms with Crippen LogP contribution < -0.4 is 5.32 Å². The molecular formula is C17H20N2O3. The Morgan fingerprint density at radius 2 is 1.95 bits per heavy atom. The molecule has 1 fully saturated rings. The molecule has 0 atom stereocenters. The number of hydrogen-bond acceptors (Lipinski definition) is 2. The highest BCUT2D eigenvalue weighted by Gasteiger charge is 2.39. The average Bonchev–Trinajstić information content (AvgIpc) is 3.02. The first-order chi connectivity index (χ1) is 10.6. The number of aromatic nitrogens is 1. The largest absolute Gasteiger partial charge is 0.481 e. The Balaban J connectivity index is 1.76. The zero-order chi connectivity index (χ0) is 15.6. The van der Waals surface area contributed by atoms with E-state index in [-0.39, 0.29) is 12.5 Å². The molecule has 1 amide bonds. The van der Waals surface area contributed by atoms with Gasteiger partial charge in [0.15, 0.2) is 0 Å². The van der Waals surface area contributed by atoms with Crippen LogP contribution in [0.2, 0.25) is 0 Å². The zero-order valence-electron chi connectivity index (χ0n) is 12.4. The fourth-order valence-corrected chi connectivity index (χ4v) is 3.31. The number of benzene rings is 1. The molecule has 0 saturated heterocycles. The van der Waals surface area contributed by atoms with Crippen molar-refractivity contribution in [3.8, 4) is 0 Å². The molecule has 116 valence electrons. The molecule has 1 aromatic heterocycles. The fourth-order valence-electron chi connectivity index (χ4n) is 3.31. The van der Waals surface area contributed by atoms with Crippen LogP contribution in [-0.4, -0.2) is 28.5 Å². The molecule has 1 aromatic carbocycles. The Kier molecular flexibility index (Phi) is 3.88. The van der Waals surface area contributed by atoms with Crippen molar-refractivity contribution >= 4 is 22.8 Å². The quantitative estimate of drug-likeness (QED) is 0.812. The molecule has 2 aromatic rings. The molecular weight excluding hydrogens is 280 g/mol. The van der Waals surface area contributed by atoms with Gasteiger partial charge in [-0.1, -0.05) is 31.4 Å². The number of fused-ring (bicyclic) bond motifs is 1. The van der Waals surface area contributed by atoms with E-state index in [1.165, 1.54) is 0 Å². The highest BCUT2D eigenvalue weighted by atomic mass is 16.4. The second-order valence-corrected chi connectivity index (χ2v) is 6.08. The minimum atomic E-state index is -0.808.